The summed E-state index contributed by atoms with van der Waals surface area (Å²) in [7, 11) is 0. The maximum absolute atomic E-state index is 9.71. The van der Waals surface area contributed by atoms with E-state index >= 15 is 0 Å². The van der Waals surface area contributed by atoms with Crippen LogP contribution in [-0.2, 0) is 0 Å². The summed E-state index contributed by atoms with van der Waals surface area (Å²) in [4.78, 5) is 0. The monoisotopic (exact) mass is 170 g/mol. The Morgan fingerprint density at radius 1 is 1.33 bits per heavy atom. The minimum Gasteiger partial charge on any atom is -0.393 e. The fraction of sp³-hybridized carbons (Fsp3) is 1.00. The van der Waals surface area contributed by atoms with Crippen LogP contribution in [0.25, 0.3) is 0 Å². The van der Waals surface area contributed by atoms with Crippen LogP contribution in [-0.4, -0.2) is 11.2 Å². The van der Waals surface area contributed by atoms with Crippen molar-refractivity contribution in [2.75, 3.05) is 0 Å². The second-order valence-electron chi connectivity index (χ2n) is 4.39. The highest BCUT2D eigenvalue weighted by atomic mass is 16.3. The molecular weight excluding hydrogens is 148 g/mol. The topological polar surface area (TPSA) is 20.2 Å². The highest BCUT2D eigenvalue weighted by Gasteiger charge is 2.25. The summed E-state index contributed by atoms with van der Waals surface area (Å²) in [5.74, 6) is 1.45. The Morgan fingerprint density at radius 3 is 2.75 bits per heavy atom. The van der Waals surface area contributed by atoms with Crippen molar-refractivity contribution in [2.24, 2.45) is 11.8 Å². The van der Waals surface area contributed by atoms with E-state index < -0.39 is 0 Å². The fourth-order valence-electron chi connectivity index (χ4n) is 2.26. The fourth-order valence-corrected chi connectivity index (χ4v) is 2.26. The maximum atomic E-state index is 9.71. The molecule has 72 valence electrons. The third kappa shape index (κ3) is 2.78. The Bertz CT molecular complexity index is 122. The zero-order valence-corrected chi connectivity index (χ0v) is 8.42. The van der Waals surface area contributed by atoms with Crippen LogP contribution in [0.5, 0.6) is 0 Å². The van der Waals surface area contributed by atoms with Crippen molar-refractivity contribution in [2.45, 2.75) is 58.5 Å². The van der Waals surface area contributed by atoms with Gasteiger partial charge in [-0.05, 0) is 37.5 Å². The molecule has 0 aromatic rings. The number of aliphatic hydroxyl groups excluding tert-OH is 1. The minimum absolute atomic E-state index is 0.00718. The number of rotatable bonds is 3. The lowest BCUT2D eigenvalue weighted by Gasteiger charge is -2.31. The molecule has 2 unspecified atom stereocenters. The van der Waals surface area contributed by atoms with Crippen molar-refractivity contribution >= 4 is 0 Å². The van der Waals surface area contributed by atoms with Crippen LogP contribution in [0.1, 0.15) is 52.4 Å². The van der Waals surface area contributed by atoms with E-state index in [1.54, 1.807) is 0 Å². The lowest BCUT2D eigenvalue weighted by Crippen LogP contribution is -2.28. The summed E-state index contributed by atoms with van der Waals surface area (Å²) in [6.07, 6.45) is 7.31. The molecule has 12 heavy (non-hydrogen) atoms. The molecule has 0 aromatic heterocycles. The van der Waals surface area contributed by atoms with Gasteiger partial charge in [0.25, 0.3) is 0 Å². The first-order valence-electron chi connectivity index (χ1n) is 5.42. The van der Waals surface area contributed by atoms with Gasteiger partial charge in [0.2, 0.25) is 0 Å². The summed E-state index contributed by atoms with van der Waals surface area (Å²) in [5, 5.41) is 9.71. The standard InChI is InChI=1S/C11H22O/c1-3-4-5-10-8-9(2)6-7-11(10)12/h9-12H,3-8H2,1-2H3/t9?,10-,11?/m1/s1. The average Bonchev–Trinajstić information content (AvgIpc) is 2.07. The van der Waals surface area contributed by atoms with E-state index in [9.17, 15) is 5.11 Å². The van der Waals surface area contributed by atoms with Gasteiger partial charge in [0, 0.05) is 0 Å². The molecule has 3 atom stereocenters. The molecule has 0 heterocycles. The van der Waals surface area contributed by atoms with E-state index in [2.05, 4.69) is 13.8 Å². The van der Waals surface area contributed by atoms with Crippen LogP contribution in [0.15, 0.2) is 0 Å². The van der Waals surface area contributed by atoms with Crippen molar-refractivity contribution < 1.29 is 5.11 Å². The summed E-state index contributed by atoms with van der Waals surface area (Å²) in [5.41, 5.74) is 0. The first kappa shape index (κ1) is 10.0. The van der Waals surface area contributed by atoms with Crippen LogP contribution in [0.4, 0.5) is 0 Å². The number of unbranched alkanes of at least 4 members (excludes halogenated alkanes) is 1. The predicted molar refractivity (Wildman–Crippen MR) is 52.0 cm³/mol. The molecule has 0 radical (unpaired) electrons. The minimum atomic E-state index is 0.00718. The zero-order chi connectivity index (χ0) is 8.97. The van der Waals surface area contributed by atoms with Gasteiger partial charge in [-0.1, -0.05) is 26.7 Å². The van der Waals surface area contributed by atoms with Crippen molar-refractivity contribution in [3.05, 3.63) is 0 Å². The van der Waals surface area contributed by atoms with Crippen LogP contribution in [0, 0.1) is 11.8 Å². The Balaban J connectivity index is 2.28. The SMILES string of the molecule is CCCC[C@@H]1CC(C)CCC1O. The van der Waals surface area contributed by atoms with E-state index in [0.29, 0.717) is 5.92 Å². The van der Waals surface area contributed by atoms with Crippen molar-refractivity contribution in [1.82, 2.24) is 0 Å². The second kappa shape index (κ2) is 4.86. The molecule has 1 saturated carbocycles. The molecular formula is C11H22O. The first-order chi connectivity index (χ1) is 5.74. The molecule has 1 heteroatoms. The van der Waals surface area contributed by atoms with Gasteiger partial charge in [0.15, 0.2) is 0 Å². The molecule has 1 N–H and O–H groups in total. The number of hydrogen-bond donors (Lipinski definition) is 1. The van der Waals surface area contributed by atoms with Gasteiger partial charge in [0.1, 0.15) is 0 Å². The van der Waals surface area contributed by atoms with Crippen LogP contribution in [0.2, 0.25) is 0 Å². The van der Waals surface area contributed by atoms with Crippen molar-refractivity contribution in [3.8, 4) is 0 Å². The molecule has 0 bridgehead atoms. The highest BCUT2D eigenvalue weighted by Crippen LogP contribution is 2.32. The van der Waals surface area contributed by atoms with E-state index in [1.165, 1.54) is 32.1 Å². The third-order valence-electron chi connectivity index (χ3n) is 3.13. The lowest BCUT2D eigenvalue weighted by molar-refractivity contribution is 0.0463. The van der Waals surface area contributed by atoms with Gasteiger partial charge in [-0.3, -0.25) is 0 Å². The largest absolute Gasteiger partial charge is 0.393 e. The Labute approximate surface area is 76.2 Å². The summed E-state index contributed by atoms with van der Waals surface area (Å²) < 4.78 is 0. The highest BCUT2D eigenvalue weighted by molar-refractivity contribution is 4.77. The molecule has 1 fully saturated rings. The quantitative estimate of drug-likeness (QED) is 0.690. The molecule has 0 spiro atoms. The van der Waals surface area contributed by atoms with Crippen LogP contribution in [0.3, 0.4) is 0 Å². The normalized spacial score (nSPS) is 36.8. The molecule has 0 saturated heterocycles. The van der Waals surface area contributed by atoms with E-state index in [4.69, 9.17) is 0 Å². The van der Waals surface area contributed by atoms with Gasteiger partial charge in [-0.2, -0.15) is 0 Å². The average molecular weight is 170 g/mol. The Kier molecular flexibility index (Phi) is 4.07. The van der Waals surface area contributed by atoms with Crippen LogP contribution >= 0.6 is 0 Å². The molecule has 1 nitrogen and oxygen atoms in total. The van der Waals surface area contributed by atoms with Gasteiger partial charge in [-0.15, -0.1) is 0 Å². The summed E-state index contributed by atoms with van der Waals surface area (Å²) in [6.45, 7) is 4.53. The number of hydrogen-bond acceptors (Lipinski definition) is 1. The van der Waals surface area contributed by atoms with Gasteiger partial charge in [0.05, 0.1) is 6.10 Å². The second-order valence-corrected chi connectivity index (χ2v) is 4.39. The zero-order valence-electron chi connectivity index (χ0n) is 8.42. The summed E-state index contributed by atoms with van der Waals surface area (Å²) in [6, 6.07) is 0. The molecule has 1 aliphatic rings. The van der Waals surface area contributed by atoms with E-state index in [1.807, 2.05) is 0 Å². The first-order valence-corrected chi connectivity index (χ1v) is 5.42. The number of aliphatic hydroxyl groups is 1. The maximum Gasteiger partial charge on any atom is 0.0568 e. The van der Waals surface area contributed by atoms with Crippen molar-refractivity contribution in [3.63, 3.8) is 0 Å². The van der Waals surface area contributed by atoms with Gasteiger partial charge < -0.3 is 5.11 Å². The Hall–Kier alpha value is -0.0400. The van der Waals surface area contributed by atoms with Gasteiger partial charge in [-0.25, -0.2) is 0 Å². The van der Waals surface area contributed by atoms with Gasteiger partial charge >= 0.3 is 0 Å². The van der Waals surface area contributed by atoms with E-state index in [-0.39, 0.29) is 6.10 Å². The molecule has 1 rings (SSSR count). The smallest absolute Gasteiger partial charge is 0.0568 e. The third-order valence-corrected chi connectivity index (χ3v) is 3.13. The molecule has 0 amide bonds. The summed E-state index contributed by atoms with van der Waals surface area (Å²) >= 11 is 0. The lowest BCUT2D eigenvalue weighted by atomic mass is 9.78. The van der Waals surface area contributed by atoms with E-state index in [0.717, 1.165) is 12.3 Å². The van der Waals surface area contributed by atoms with Crippen molar-refractivity contribution in [1.29, 1.82) is 0 Å². The van der Waals surface area contributed by atoms with Crippen LogP contribution < -0.4 is 0 Å². The molecule has 1 aliphatic carbocycles. The predicted octanol–water partition coefficient (Wildman–Crippen LogP) is 2.97. The molecule has 0 aromatic carbocycles. The Morgan fingerprint density at radius 2 is 2.08 bits per heavy atom. The molecule has 0 aliphatic heterocycles.